The number of nitrogens with one attached hydrogen (secondary N) is 1. The lowest BCUT2D eigenvalue weighted by Crippen LogP contribution is -2.19. The molecule has 2 aromatic carbocycles. The molecule has 6 heteroatoms. The Morgan fingerprint density at radius 3 is 2.54 bits per heavy atom. The van der Waals surface area contributed by atoms with Crippen LogP contribution in [0, 0.1) is 6.92 Å². The Labute approximate surface area is 145 Å². The lowest BCUT2D eigenvalue weighted by atomic mass is 10.2. The first-order valence-corrected chi connectivity index (χ1v) is 7.58. The van der Waals surface area contributed by atoms with E-state index in [1.54, 1.807) is 42.5 Å². The zero-order chi connectivity index (χ0) is 17.5. The van der Waals surface area contributed by atoms with Gasteiger partial charge in [0.25, 0.3) is 5.91 Å². The van der Waals surface area contributed by atoms with Gasteiger partial charge >= 0.3 is 0 Å². The summed E-state index contributed by atoms with van der Waals surface area (Å²) in [6.45, 7) is 1.72. The number of primary amides is 1. The van der Waals surface area contributed by atoms with E-state index in [2.05, 4.69) is 5.32 Å². The molecule has 0 aliphatic carbocycles. The largest absolute Gasteiger partial charge is 0.484 e. The molecule has 0 heterocycles. The van der Waals surface area contributed by atoms with Crippen LogP contribution >= 0.6 is 11.6 Å². The summed E-state index contributed by atoms with van der Waals surface area (Å²) in [5.41, 5.74) is 7.40. The van der Waals surface area contributed by atoms with Crippen molar-refractivity contribution in [2.75, 3.05) is 11.9 Å². The molecule has 2 rings (SSSR count). The minimum Gasteiger partial charge on any atom is -0.484 e. The molecule has 0 aromatic heterocycles. The normalized spacial score (nSPS) is 10.6. The molecule has 0 atom stereocenters. The highest BCUT2D eigenvalue weighted by molar-refractivity contribution is 6.31. The Bertz CT molecular complexity index is 770. The predicted molar refractivity (Wildman–Crippen MR) is 95.0 cm³/mol. The second-order valence-corrected chi connectivity index (χ2v) is 5.52. The third kappa shape index (κ3) is 5.44. The van der Waals surface area contributed by atoms with E-state index in [1.807, 2.05) is 13.0 Å². The smallest absolute Gasteiger partial charge is 0.255 e. The van der Waals surface area contributed by atoms with Gasteiger partial charge in [-0.25, -0.2) is 0 Å². The van der Waals surface area contributed by atoms with E-state index in [0.717, 1.165) is 11.1 Å². The van der Waals surface area contributed by atoms with Crippen LogP contribution < -0.4 is 15.8 Å². The maximum Gasteiger partial charge on any atom is 0.255 e. The van der Waals surface area contributed by atoms with Crippen molar-refractivity contribution in [1.29, 1.82) is 0 Å². The molecule has 24 heavy (non-hydrogen) atoms. The van der Waals surface area contributed by atoms with Gasteiger partial charge in [-0.1, -0.05) is 29.8 Å². The topological polar surface area (TPSA) is 81.4 Å². The van der Waals surface area contributed by atoms with E-state index in [0.29, 0.717) is 16.5 Å². The fourth-order valence-corrected chi connectivity index (χ4v) is 2.04. The van der Waals surface area contributed by atoms with Gasteiger partial charge in [-0.3, -0.25) is 9.59 Å². The second-order valence-electron chi connectivity index (χ2n) is 5.11. The predicted octanol–water partition coefficient (Wildman–Crippen LogP) is 3.16. The van der Waals surface area contributed by atoms with Crippen LogP contribution in [0.3, 0.4) is 0 Å². The van der Waals surface area contributed by atoms with Crippen LogP contribution in [0.2, 0.25) is 5.02 Å². The van der Waals surface area contributed by atoms with E-state index < -0.39 is 5.91 Å². The molecule has 0 aliphatic rings. The van der Waals surface area contributed by atoms with Gasteiger partial charge in [-0.05, 0) is 48.4 Å². The maximum absolute atomic E-state index is 11.9. The first-order chi connectivity index (χ1) is 11.4. The molecule has 0 saturated heterocycles. The van der Waals surface area contributed by atoms with Crippen LogP contribution in [0.4, 0.5) is 5.69 Å². The minimum atomic E-state index is -0.535. The van der Waals surface area contributed by atoms with Crippen molar-refractivity contribution >= 4 is 35.2 Å². The van der Waals surface area contributed by atoms with Crippen LogP contribution in [0.5, 0.6) is 5.75 Å². The summed E-state index contributed by atoms with van der Waals surface area (Å²) in [6.07, 6.45) is 3.09. The van der Waals surface area contributed by atoms with Crippen LogP contribution in [-0.2, 0) is 9.59 Å². The van der Waals surface area contributed by atoms with Gasteiger partial charge in [0.1, 0.15) is 5.75 Å². The van der Waals surface area contributed by atoms with Crippen molar-refractivity contribution in [2.45, 2.75) is 6.92 Å². The molecule has 2 amide bonds. The lowest BCUT2D eigenvalue weighted by molar-refractivity contribution is -0.120. The van der Waals surface area contributed by atoms with Gasteiger partial charge in [-0.15, -0.1) is 0 Å². The Morgan fingerprint density at radius 2 is 1.92 bits per heavy atom. The fourth-order valence-electron chi connectivity index (χ4n) is 1.86. The number of hydrogen-bond acceptors (Lipinski definition) is 3. The third-order valence-corrected chi connectivity index (χ3v) is 3.53. The molecule has 124 valence electrons. The van der Waals surface area contributed by atoms with Gasteiger partial charge < -0.3 is 15.8 Å². The van der Waals surface area contributed by atoms with Crippen molar-refractivity contribution in [1.82, 2.24) is 0 Å². The van der Waals surface area contributed by atoms with E-state index >= 15 is 0 Å². The molecule has 0 unspecified atom stereocenters. The molecule has 0 aliphatic heterocycles. The minimum absolute atomic E-state index is 0.170. The van der Waals surface area contributed by atoms with Crippen molar-refractivity contribution in [2.24, 2.45) is 5.73 Å². The number of rotatable bonds is 6. The number of benzene rings is 2. The zero-order valence-corrected chi connectivity index (χ0v) is 13.8. The third-order valence-electron chi connectivity index (χ3n) is 3.13. The SMILES string of the molecule is Cc1ccc(NC(=O)C=Cc2ccc(OCC(N)=O)cc2)cc1Cl. The lowest BCUT2D eigenvalue weighted by Gasteiger charge is -2.05. The molecule has 0 radical (unpaired) electrons. The highest BCUT2D eigenvalue weighted by Crippen LogP contribution is 2.20. The van der Waals surface area contributed by atoms with E-state index in [-0.39, 0.29) is 12.5 Å². The number of ether oxygens (including phenoxy) is 1. The van der Waals surface area contributed by atoms with Crippen LogP contribution in [0.15, 0.2) is 48.5 Å². The summed E-state index contributed by atoms with van der Waals surface area (Å²) in [4.78, 5) is 22.5. The Hall–Kier alpha value is -2.79. The average molecular weight is 345 g/mol. The number of hydrogen-bond donors (Lipinski definition) is 2. The summed E-state index contributed by atoms with van der Waals surface area (Å²) in [7, 11) is 0. The van der Waals surface area contributed by atoms with E-state index in [9.17, 15) is 9.59 Å². The van der Waals surface area contributed by atoms with Crippen molar-refractivity contribution < 1.29 is 14.3 Å². The van der Waals surface area contributed by atoms with Gasteiger partial charge in [-0.2, -0.15) is 0 Å². The van der Waals surface area contributed by atoms with Gasteiger partial charge in [0.05, 0.1) is 0 Å². The van der Waals surface area contributed by atoms with Crippen LogP contribution in [0.25, 0.3) is 6.08 Å². The molecule has 0 saturated carbocycles. The standard InChI is InChI=1S/C18H17ClN2O3/c1-12-2-6-14(10-16(12)19)21-18(23)9-5-13-3-7-15(8-4-13)24-11-17(20)22/h2-10H,11H2,1H3,(H2,20,22)(H,21,23). The second kappa shape index (κ2) is 8.17. The molecule has 0 fully saturated rings. The number of nitrogens with two attached hydrogens (primary N) is 1. The summed E-state index contributed by atoms with van der Waals surface area (Å²) in [5, 5.41) is 3.34. The van der Waals surface area contributed by atoms with Crippen LogP contribution in [-0.4, -0.2) is 18.4 Å². The highest BCUT2D eigenvalue weighted by atomic mass is 35.5. The molecular weight excluding hydrogens is 328 g/mol. The molecule has 0 bridgehead atoms. The number of carbonyl (C=O) groups excluding carboxylic acids is 2. The first kappa shape index (κ1) is 17.6. The highest BCUT2D eigenvalue weighted by Gasteiger charge is 2.01. The molecule has 2 aromatic rings. The summed E-state index contributed by atoms with van der Waals surface area (Å²) >= 11 is 6.02. The van der Waals surface area contributed by atoms with Crippen molar-refractivity contribution in [3.05, 3.63) is 64.7 Å². The number of aryl methyl sites for hydroxylation is 1. The molecule has 0 spiro atoms. The summed E-state index contributed by atoms with van der Waals surface area (Å²) in [5.74, 6) is -0.263. The average Bonchev–Trinajstić information content (AvgIpc) is 2.55. The van der Waals surface area contributed by atoms with Gasteiger partial charge in [0.2, 0.25) is 5.91 Å². The quantitative estimate of drug-likeness (QED) is 0.790. The summed E-state index contributed by atoms with van der Waals surface area (Å²) in [6, 6.07) is 12.3. The molecular formula is C18H17ClN2O3. The summed E-state index contributed by atoms with van der Waals surface area (Å²) < 4.78 is 5.16. The molecule has 5 nitrogen and oxygen atoms in total. The Kier molecular flexibility index (Phi) is 5.98. The van der Waals surface area contributed by atoms with Gasteiger partial charge in [0, 0.05) is 16.8 Å². The van der Waals surface area contributed by atoms with E-state index in [4.69, 9.17) is 22.1 Å². The van der Waals surface area contributed by atoms with Crippen LogP contribution in [0.1, 0.15) is 11.1 Å². The van der Waals surface area contributed by atoms with Crippen molar-refractivity contribution in [3.63, 3.8) is 0 Å². The number of carbonyl (C=O) groups is 2. The Balaban J connectivity index is 1.93. The van der Waals surface area contributed by atoms with E-state index in [1.165, 1.54) is 6.08 Å². The maximum atomic E-state index is 11.9. The first-order valence-electron chi connectivity index (χ1n) is 7.20. The zero-order valence-electron chi connectivity index (χ0n) is 13.1. The number of anilines is 1. The number of amides is 2. The Morgan fingerprint density at radius 1 is 1.21 bits per heavy atom. The van der Waals surface area contributed by atoms with Gasteiger partial charge in [0.15, 0.2) is 6.61 Å². The number of halogens is 1. The monoisotopic (exact) mass is 344 g/mol. The van der Waals surface area contributed by atoms with Crippen molar-refractivity contribution in [3.8, 4) is 5.75 Å². The molecule has 3 N–H and O–H groups in total. The fraction of sp³-hybridized carbons (Fsp3) is 0.111.